The van der Waals surface area contributed by atoms with Gasteiger partial charge in [-0.2, -0.15) is 0 Å². The minimum absolute atomic E-state index is 0.139. The topological polar surface area (TPSA) is 188 Å². The molecule has 0 unspecified atom stereocenters. The fourth-order valence-electron chi connectivity index (χ4n) is 5.88. The summed E-state index contributed by atoms with van der Waals surface area (Å²) in [4.78, 5) is 53.1. The highest BCUT2D eigenvalue weighted by molar-refractivity contribution is 6.25. The molecule has 11 nitrogen and oxygen atoms in total. The molecule has 11 heteroatoms. The molecule has 0 heterocycles. The van der Waals surface area contributed by atoms with Gasteiger partial charge in [0.15, 0.2) is 11.4 Å². The molecule has 0 radical (unpaired) electrons. The zero-order chi connectivity index (χ0) is 26.9. The molecule has 0 saturated heterocycles. The van der Waals surface area contributed by atoms with Crippen LogP contribution in [0.25, 0.3) is 0 Å². The molecule has 190 valence electrons. The number of esters is 1. The van der Waals surface area contributed by atoms with E-state index in [9.17, 15) is 39.6 Å². The third kappa shape index (κ3) is 3.12. The number of rotatable bonds is 4. The Hall–Kier alpha value is -3.96. The molecule has 1 aromatic rings. The second kappa shape index (κ2) is 8.32. The number of nitrogens with two attached hydrogens (primary N) is 1. The van der Waals surface area contributed by atoms with Crippen molar-refractivity contribution in [2.24, 2.45) is 17.6 Å². The summed E-state index contributed by atoms with van der Waals surface area (Å²) in [6.45, 7) is 5.04. The van der Waals surface area contributed by atoms with E-state index in [0.29, 0.717) is 5.56 Å². The van der Waals surface area contributed by atoms with Crippen LogP contribution in [0.15, 0.2) is 53.5 Å². The molecule has 0 aromatic heterocycles. The maximum atomic E-state index is 13.6. The Balaban J connectivity index is 2.12. The van der Waals surface area contributed by atoms with Gasteiger partial charge in [-0.1, -0.05) is 25.6 Å². The number of aliphatic hydroxyl groups excluding tert-OH is 2. The van der Waals surface area contributed by atoms with Crippen molar-refractivity contribution in [3.8, 4) is 5.75 Å². The van der Waals surface area contributed by atoms with Crippen LogP contribution < -0.4 is 5.73 Å². The van der Waals surface area contributed by atoms with E-state index >= 15 is 0 Å². The molecular weight excluding hydrogens is 472 g/mol. The Morgan fingerprint density at radius 1 is 1.19 bits per heavy atom. The first kappa shape index (κ1) is 25.1. The molecule has 1 amide bonds. The Kier molecular flexibility index (Phi) is 5.81. The van der Waals surface area contributed by atoms with Crippen LogP contribution in [0.5, 0.6) is 5.75 Å². The van der Waals surface area contributed by atoms with Crippen molar-refractivity contribution < 1.29 is 44.3 Å². The standard InChI is InChI=1S/C25H26N2O9/c1-5-12(29)36-21-13-9(2)10-7-6-8-11(28)14(10)19(30)15(13)22(32)25(35)17(21)18(27(3)4)20(31)16(23(25)33)24(26)34/h5-9,13,17-18,21,28,31-32,35H,1H2,2-4H3,(H2,26,34)/t9-,13+,17-,18+,21+,25+/m1/s1. The van der Waals surface area contributed by atoms with Gasteiger partial charge >= 0.3 is 5.97 Å². The predicted octanol–water partition coefficient (Wildman–Crippen LogP) is 0.389. The smallest absolute Gasteiger partial charge is 0.330 e. The van der Waals surface area contributed by atoms with Crippen molar-refractivity contribution >= 4 is 23.4 Å². The highest BCUT2D eigenvalue weighted by Gasteiger charge is 2.68. The van der Waals surface area contributed by atoms with Crippen LogP contribution in [0.4, 0.5) is 0 Å². The monoisotopic (exact) mass is 498 g/mol. The molecule has 3 aliphatic carbocycles. The summed E-state index contributed by atoms with van der Waals surface area (Å²) in [6, 6.07) is 3.05. The number of carbonyl (C=O) groups is 4. The van der Waals surface area contributed by atoms with E-state index < -0.39 is 81.6 Å². The number of phenolic OH excluding ortho intramolecular Hbond substituents is 1. The third-order valence-corrected chi connectivity index (χ3v) is 7.39. The van der Waals surface area contributed by atoms with Gasteiger partial charge in [0.05, 0.1) is 17.5 Å². The molecule has 3 aliphatic rings. The highest BCUT2D eigenvalue weighted by atomic mass is 16.5. The molecule has 0 spiro atoms. The van der Waals surface area contributed by atoms with Gasteiger partial charge in [0.25, 0.3) is 5.91 Å². The highest BCUT2D eigenvalue weighted by Crippen LogP contribution is 2.56. The Morgan fingerprint density at radius 3 is 2.39 bits per heavy atom. The van der Waals surface area contributed by atoms with Crippen LogP contribution in [0, 0.1) is 11.8 Å². The molecule has 1 aromatic carbocycles. The van der Waals surface area contributed by atoms with Crippen LogP contribution in [0.3, 0.4) is 0 Å². The summed E-state index contributed by atoms with van der Waals surface area (Å²) in [6.07, 6.45) is -0.611. The van der Waals surface area contributed by atoms with Crippen LogP contribution in [-0.2, 0) is 19.1 Å². The molecule has 0 bridgehead atoms. The molecule has 6 N–H and O–H groups in total. The lowest BCUT2D eigenvalue weighted by Crippen LogP contribution is -2.69. The lowest BCUT2D eigenvalue weighted by atomic mass is 9.55. The number of amides is 1. The van der Waals surface area contributed by atoms with Gasteiger partial charge < -0.3 is 30.9 Å². The lowest BCUT2D eigenvalue weighted by molar-refractivity contribution is -0.177. The summed E-state index contributed by atoms with van der Waals surface area (Å²) in [5.41, 5.74) is 1.22. The second-order valence-corrected chi connectivity index (χ2v) is 9.41. The van der Waals surface area contributed by atoms with Crippen molar-refractivity contribution in [1.82, 2.24) is 4.90 Å². The number of benzene rings is 1. The fraction of sp³-hybridized carbons (Fsp3) is 0.360. The number of hydrogen-bond donors (Lipinski definition) is 5. The Labute approximate surface area is 205 Å². The zero-order valence-corrected chi connectivity index (χ0v) is 19.8. The predicted molar refractivity (Wildman–Crippen MR) is 124 cm³/mol. The maximum absolute atomic E-state index is 13.6. The Morgan fingerprint density at radius 2 is 1.83 bits per heavy atom. The van der Waals surface area contributed by atoms with Gasteiger partial charge in [-0.05, 0) is 31.6 Å². The number of primary amides is 1. The third-order valence-electron chi connectivity index (χ3n) is 7.39. The number of nitrogens with zero attached hydrogens (tertiary/aromatic N) is 1. The van der Waals surface area contributed by atoms with E-state index in [1.807, 2.05) is 0 Å². The summed E-state index contributed by atoms with van der Waals surface area (Å²) < 4.78 is 5.62. The van der Waals surface area contributed by atoms with Crippen molar-refractivity contribution in [1.29, 1.82) is 0 Å². The molecular formula is C25H26N2O9. The van der Waals surface area contributed by atoms with E-state index in [1.165, 1.54) is 31.1 Å². The lowest BCUT2D eigenvalue weighted by Gasteiger charge is -2.54. The summed E-state index contributed by atoms with van der Waals surface area (Å²) in [5.74, 6) is -10.2. The SMILES string of the molecule is C=CC(=O)O[C@H]1[C@@H]2C(=C(O)[C@]3(O)C(=O)C(C(N)=O)=C(O)[C@@H](N(C)C)[C@H]13)C(=O)c1c(O)cccc1[C@H]2C. The van der Waals surface area contributed by atoms with Crippen molar-refractivity contribution in [2.45, 2.75) is 30.6 Å². The van der Waals surface area contributed by atoms with Crippen LogP contribution in [-0.4, -0.2) is 80.6 Å². The normalized spacial score (nSPS) is 31.5. The number of ether oxygens (including phenoxy) is 1. The van der Waals surface area contributed by atoms with Gasteiger partial charge in [-0.3, -0.25) is 19.3 Å². The number of carbonyl (C=O) groups excluding carboxylic acids is 4. The first-order valence-corrected chi connectivity index (χ1v) is 11.1. The summed E-state index contributed by atoms with van der Waals surface area (Å²) >= 11 is 0. The molecule has 0 saturated carbocycles. The first-order valence-electron chi connectivity index (χ1n) is 11.1. The number of hydrogen-bond acceptors (Lipinski definition) is 10. The largest absolute Gasteiger partial charge is 0.510 e. The number of Topliss-reactive ketones (excluding diaryl/α,β-unsaturated/α-hetero) is 2. The molecule has 4 rings (SSSR count). The first-order chi connectivity index (χ1) is 16.8. The van der Waals surface area contributed by atoms with Crippen molar-refractivity contribution in [2.75, 3.05) is 14.1 Å². The molecule has 36 heavy (non-hydrogen) atoms. The van der Waals surface area contributed by atoms with Crippen molar-refractivity contribution in [3.63, 3.8) is 0 Å². The number of fused-ring (bicyclic) bond motifs is 3. The zero-order valence-electron chi connectivity index (χ0n) is 19.8. The number of aliphatic hydroxyl groups is 3. The fourth-order valence-corrected chi connectivity index (χ4v) is 5.88. The van der Waals surface area contributed by atoms with Gasteiger partial charge in [-0.25, -0.2) is 4.79 Å². The van der Waals surface area contributed by atoms with Gasteiger partial charge in [0, 0.05) is 17.6 Å². The van der Waals surface area contributed by atoms with Crippen LogP contribution >= 0.6 is 0 Å². The van der Waals surface area contributed by atoms with Gasteiger partial charge in [0.2, 0.25) is 5.78 Å². The van der Waals surface area contributed by atoms with E-state index in [0.717, 1.165) is 6.08 Å². The van der Waals surface area contributed by atoms with E-state index in [1.54, 1.807) is 13.0 Å². The van der Waals surface area contributed by atoms with Crippen molar-refractivity contribution in [3.05, 3.63) is 64.6 Å². The number of likely N-dealkylation sites (N-methyl/N-ethyl adjacent to an activating group) is 1. The average molecular weight is 498 g/mol. The number of ketones is 2. The summed E-state index contributed by atoms with van der Waals surface area (Å²) in [5, 5.41) is 44.6. The number of aromatic hydroxyl groups is 1. The van der Waals surface area contributed by atoms with Gasteiger partial charge in [-0.15, -0.1) is 0 Å². The molecule has 0 fully saturated rings. The molecule has 0 aliphatic heterocycles. The van der Waals surface area contributed by atoms with E-state index in [-0.39, 0.29) is 11.3 Å². The number of phenols is 1. The maximum Gasteiger partial charge on any atom is 0.330 e. The van der Waals surface area contributed by atoms with Gasteiger partial charge in [0.1, 0.15) is 28.9 Å². The average Bonchev–Trinajstić information content (AvgIpc) is 2.80. The quantitative estimate of drug-likeness (QED) is 0.221. The minimum Gasteiger partial charge on any atom is -0.510 e. The Bertz CT molecular complexity index is 1290. The minimum atomic E-state index is -2.97. The van der Waals surface area contributed by atoms with E-state index in [2.05, 4.69) is 6.58 Å². The molecule has 6 atom stereocenters. The summed E-state index contributed by atoms with van der Waals surface area (Å²) in [7, 11) is 2.95. The second-order valence-electron chi connectivity index (χ2n) is 9.41. The van der Waals surface area contributed by atoms with Crippen LogP contribution in [0.2, 0.25) is 0 Å². The van der Waals surface area contributed by atoms with Crippen LogP contribution in [0.1, 0.15) is 28.8 Å². The van der Waals surface area contributed by atoms with E-state index in [4.69, 9.17) is 10.5 Å².